The molecule has 0 atom stereocenters. The van der Waals surface area contributed by atoms with E-state index in [1.54, 1.807) is 20.8 Å². The van der Waals surface area contributed by atoms with E-state index in [0.717, 1.165) is 6.26 Å². The SMILES string of the molecule is CCOOC=C(OOCC)OOCC. The molecule has 0 aliphatic rings. The molecule has 0 aliphatic carbocycles. The van der Waals surface area contributed by atoms with Crippen LogP contribution in [0.2, 0.25) is 0 Å². The summed E-state index contributed by atoms with van der Waals surface area (Å²) in [4.78, 5) is 27.7. The molecule has 0 unspecified atom stereocenters. The molecule has 0 rings (SSSR count). The molecule has 0 saturated carbocycles. The molecule has 14 heavy (non-hydrogen) atoms. The molecule has 0 saturated heterocycles. The molecule has 0 radical (unpaired) electrons. The van der Waals surface area contributed by atoms with Crippen molar-refractivity contribution in [2.24, 2.45) is 0 Å². The summed E-state index contributed by atoms with van der Waals surface area (Å²) < 4.78 is 0. The van der Waals surface area contributed by atoms with Crippen molar-refractivity contribution in [1.29, 1.82) is 0 Å². The Kier molecular flexibility index (Phi) is 9.40. The lowest BCUT2D eigenvalue weighted by atomic mass is 10.9. The lowest BCUT2D eigenvalue weighted by Crippen LogP contribution is -2.02. The van der Waals surface area contributed by atoms with Crippen molar-refractivity contribution in [3.05, 3.63) is 12.2 Å². The van der Waals surface area contributed by atoms with Gasteiger partial charge in [-0.3, -0.25) is 9.78 Å². The fourth-order valence-electron chi connectivity index (χ4n) is 0.429. The number of rotatable bonds is 9. The molecular formula is C8H16O6. The minimum Gasteiger partial charge on any atom is -0.338 e. The Hall–Kier alpha value is -0.980. The van der Waals surface area contributed by atoms with Crippen LogP contribution in [0.4, 0.5) is 0 Å². The third-order valence-electron chi connectivity index (χ3n) is 0.848. The predicted octanol–water partition coefficient (Wildman–Crippen LogP) is 1.69. The van der Waals surface area contributed by atoms with Gasteiger partial charge in [0.25, 0.3) is 0 Å². The van der Waals surface area contributed by atoms with Gasteiger partial charge in [0.1, 0.15) is 0 Å². The van der Waals surface area contributed by atoms with Crippen LogP contribution in [0, 0.1) is 0 Å². The van der Waals surface area contributed by atoms with Gasteiger partial charge >= 0.3 is 5.95 Å². The quantitative estimate of drug-likeness (QED) is 0.249. The van der Waals surface area contributed by atoms with Crippen molar-refractivity contribution in [1.82, 2.24) is 0 Å². The topological polar surface area (TPSA) is 55.4 Å². The molecule has 6 nitrogen and oxygen atoms in total. The van der Waals surface area contributed by atoms with Crippen LogP contribution in [-0.2, 0) is 29.3 Å². The standard InChI is InChI=1S/C8H16O6/c1-4-9-12-7-8(13-10-5-2)14-11-6-3/h7H,4-6H2,1-3H3. The Bertz CT molecular complexity index is 137. The minimum atomic E-state index is -0.0675. The number of hydrogen-bond acceptors (Lipinski definition) is 6. The summed E-state index contributed by atoms with van der Waals surface area (Å²) in [5.41, 5.74) is 0. The third-order valence-corrected chi connectivity index (χ3v) is 0.848. The van der Waals surface area contributed by atoms with Gasteiger partial charge in [-0.1, -0.05) is 0 Å². The average molecular weight is 208 g/mol. The second-order valence-electron chi connectivity index (χ2n) is 1.92. The van der Waals surface area contributed by atoms with Gasteiger partial charge in [-0.05, 0) is 20.8 Å². The van der Waals surface area contributed by atoms with Gasteiger partial charge in [-0.25, -0.2) is 0 Å². The molecule has 0 aromatic heterocycles. The maximum atomic E-state index is 4.65. The zero-order valence-corrected chi connectivity index (χ0v) is 8.65. The van der Waals surface area contributed by atoms with Gasteiger partial charge in [-0.15, -0.1) is 0 Å². The van der Waals surface area contributed by atoms with E-state index in [4.69, 9.17) is 0 Å². The third kappa shape index (κ3) is 7.66. The summed E-state index contributed by atoms with van der Waals surface area (Å²) in [7, 11) is 0. The van der Waals surface area contributed by atoms with E-state index in [2.05, 4.69) is 29.3 Å². The highest BCUT2D eigenvalue weighted by molar-refractivity contribution is 4.70. The van der Waals surface area contributed by atoms with E-state index in [9.17, 15) is 0 Å². The summed E-state index contributed by atoms with van der Waals surface area (Å²) in [5.74, 6) is -0.0675. The van der Waals surface area contributed by atoms with Crippen molar-refractivity contribution in [2.45, 2.75) is 20.8 Å². The molecular weight excluding hydrogens is 192 g/mol. The normalized spacial score (nSPS) is 9.36. The molecule has 0 N–H and O–H groups in total. The van der Waals surface area contributed by atoms with Gasteiger partial charge in [0, 0.05) is 0 Å². The van der Waals surface area contributed by atoms with Crippen LogP contribution in [0.15, 0.2) is 12.2 Å². The molecule has 0 aromatic carbocycles. The highest BCUT2D eigenvalue weighted by atomic mass is 17.3. The first-order valence-corrected chi connectivity index (χ1v) is 4.42. The second kappa shape index (κ2) is 10.1. The average Bonchev–Trinajstić information content (AvgIpc) is 2.21. The molecule has 0 heterocycles. The second-order valence-corrected chi connectivity index (χ2v) is 1.92. The maximum Gasteiger partial charge on any atom is 0.390 e. The summed E-state index contributed by atoms with van der Waals surface area (Å²) in [6.45, 7) is 6.47. The highest BCUT2D eigenvalue weighted by Crippen LogP contribution is 2.02. The van der Waals surface area contributed by atoms with Gasteiger partial charge < -0.3 is 4.89 Å². The van der Waals surface area contributed by atoms with Crippen molar-refractivity contribution in [2.75, 3.05) is 19.8 Å². The lowest BCUT2D eigenvalue weighted by molar-refractivity contribution is -0.373. The number of hydrogen-bond donors (Lipinski definition) is 0. The van der Waals surface area contributed by atoms with Crippen molar-refractivity contribution in [3.63, 3.8) is 0 Å². The Labute approximate surface area is 83.1 Å². The Morgan fingerprint density at radius 3 is 1.79 bits per heavy atom. The molecule has 84 valence electrons. The zero-order valence-electron chi connectivity index (χ0n) is 8.65. The molecule has 0 bridgehead atoms. The molecule has 0 fully saturated rings. The molecule has 0 spiro atoms. The van der Waals surface area contributed by atoms with E-state index in [-0.39, 0.29) is 5.95 Å². The van der Waals surface area contributed by atoms with E-state index in [0.29, 0.717) is 19.8 Å². The highest BCUT2D eigenvalue weighted by Gasteiger charge is 2.02. The predicted molar refractivity (Wildman–Crippen MR) is 46.2 cm³/mol. The molecule has 0 aromatic rings. The van der Waals surface area contributed by atoms with Crippen LogP contribution < -0.4 is 0 Å². The first-order valence-electron chi connectivity index (χ1n) is 4.42. The van der Waals surface area contributed by atoms with Crippen LogP contribution in [0.1, 0.15) is 20.8 Å². The molecule has 0 aliphatic heterocycles. The fourth-order valence-corrected chi connectivity index (χ4v) is 0.429. The van der Waals surface area contributed by atoms with Crippen LogP contribution in [0.5, 0.6) is 0 Å². The van der Waals surface area contributed by atoms with E-state index in [1.165, 1.54) is 0 Å². The molecule has 6 heteroatoms. The van der Waals surface area contributed by atoms with Crippen molar-refractivity contribution < 1.29 is 29.3 Å². The Morgan fingerprint density at radius 2 is 1.36 bits per heavy atom. The minimum absolute atomic E-state index is 0.0675. The first kappa shape index (κ1) is 13.0. The zero-order chi connectivity index (χ0) is 10.6. The van der Waals surface area contributed by atoms with E-state index >= 15 is 0 Å². The van der Waals surface area contributed by atoms with Crippen LogP contribution >= 0.6 is 0 Å². The van der Waals surface area contributed by atoms with Crippen molar-refractivity contribution in [3.8, 4) is 0 Å². The lowest BCUT2D eigenvalue weighted by Gasteiger charge is -2.06. The summed E-state index contributed by atoms with van der Waals surface area (Å²) in [6, 6.07) is 0. The summed E-state index contributed by atoms with van der Waals surface area (Å²) in [6.07, 6.45) is 1.09. The smallest absolute Gasteiger partial charge is 0.338 e. The Balaban J connectivity index is 3.75. The maximum absolute atomic E-state index is 4.65. The largest absolute Gasteiger partial charge is 0.390 e. The van der Waals surface area contributed by atoms with Gasteiger partial charge in [0.05, 0.1) is 19.8 Å². The van der Waals surface area contributed by atoms with Gasteiger partial charge in [-0.2, -0.15) is 14.7 Å². The van der Waals surface area contributed by atoms with Crippen molar-refractivity contribution >= 4 is 0 Å². The fraction of sp³-hybridized carbons (Fsp3) is 0.750. The van der Waals surface area contributed by atoms with Crippen LogP contribution in [-0.4, -0.2) is 19.8 Å². The monoisotopic (exact) mass is 208 g/mol. The summed E-state index contributed by atoms with van der Waals surface area (Å²) in [5, 5.41) is 0. The van der Waals surface area contributed by atoms with Gasteiger partial charge in [0.15, 0.2) is 0 Å². The summed E-state index contributed by atoms with van der Waals surface area (Å²) >= 11 is 0. The van der Waals surface area contributed by atoms with Crippen LogP contribution in [0.3, 0.4) is 0 Å². The Morgan fingerprint density at radius 1 is 0.857 bits per heavy atom. The molecule has 0 amide bonds. The van der Waals surface area contributed by atoms with Gasteiger partial charge in [0.2, 0.25) is 6.26 Å². The van der Waals surface area contributed by atoms with E-state index < -0.39 is 0 Å². The first-order chi connectivity index (χ1) is 6.85. The van der Waals surface area contributed by atoms with Crippen LogP contribution in [0.25, 0.3) is 0 Å². The van der Waals surface area contributed by atoms with E-state index in [1.807, 2.05) is 0 Å².